The quantitative estimate of drug-likeness (QED) is 0.186. The lowest BCUT2D eigenvalue weighted by Gasteiger charge is -2.32. The van der Waals surface area contributed by atoms with E-state index in [1.165, 1.54) is 11.8 Å². The summed E-state index contributed by atoms with van der Waals surface area (Å²) < 4.78 is 25.8. The number of rotatable bonds is 11. The number of benzene rings is 3. The highest BCUT2D eigenvalue weighted by atomic mass is 32.2. The van der Waals surface area contributed by atoms with Crippen molar-refractivity contribution in [3.63, 3.8) is 0 Å². The second-order valence-electron chi connectivity index (χ2n) is 10.5. The number of nitrogens with one attached hydrogen (secondary N) is 3. The molecule has 9 heteroatoms. The normalized spacial score (nSPS) is 15.7. The summed E-state index contributed by atoms with van der Waals surface area (Å²) in [5, 5.41) is 6.86. The Balaban J connectivity index is 1.31. The van der Waals surface area contributed by atoms with E-state index in [0.29, 0.717) is 29.1 Å². The van der Waals surface area contributed by atoms with Gasteiger partial charge < -0.3 is 15.4 Å². The van der Waals surface area contributed by atoms with E-state index >= 15 is 0 Å². The third-order valence-corrected chi connectivity index (χ3v) is 8.47. The minimum Gasteiger partial charge on any atom is -0.494 e. The smallest absolute Gasteiger partial charge is 0.229 e. The molecule has 8 nitrogen and oxygen atoms in total. The average molecular weight is 571 g/mol. The average Bonchev–Trinajstić information content (AvgIpc) is 2.98. The van der Waals surface area contributed by atoms with Gasteiger partial charge in [-0.25, -0.2) is 14.0 Å². The molecule has 3 N–H and O–H groups in total. The molecular formula is C32H38N6O2S. The second kappa shape index (κ2) is 13.1. The fraction of sp³-hybridized carbons (Fsp3) is 0.312. The second-order valence-corrected chi connectivity index (χ2v) is 12.7. The van der Waals surface area contributed by atoms with E-state index in [2.05, 4.69) is 50.8 Å². The summed E-state index contributed by atoms with van der Waals surface area (Å²) in [5.74, 6) is 2.57. The predicted octanol–water partition coefficient (Wildman–Crippen LogP) is 6.65. The van der Waals surface area contributed by atoms with Crippen LogP contribution in [-0.2, 0) is 16.3 Å². The summed E-state index contributed by atoms with van der Waals surface area (Å²) in [6.07, 6.45) is 5.50. The fourth-order valence-electron chi connectivity index (χ4n) is 5.06. The van der Waals surface area contributed by atoms with Crippen molar-refractivity contribution < 1.29 is 8.95 Å². The van der Waals surface area contributed by atoms with Gasteiger partial charge in [-0.2, -0.15) is 4.98 Å². The van der Waals surface area contributed by atoms with Crippen LogP contribution in [0.15, 0.2) is 90.0 Å². The Morgan fingerprint density at radius 3 is 2.49 bits per heavy atom. The molecule has 3 aromatic carbocycles. The van der Waals surface area contributed by atoms with Gasteiger partial charge in [-0.15, -0.1) is 0 Å². The van der Waals surface area contributed by atoms with Gasteiger partial charge in [0.05, 0.1) is 16.3 Å². The molecule has 0 aliphatic carbocycles. The van der Waals surface area contributed by atoms with Crippen LogP contribution in [0, 0.1) is 10.7 Å². The lowest BCUT2D eigenvalue weighted by molar-refractivity contribution is 0.182. The van der Waals surface area contributed by atoms with Crippen molar-refractivity contribution in [2.45, 2.75) is 31.2 Å². The van der Waals surface area contributed by atoms with Crippen LogP contribution >= 0.6 is 0 Å². The maximum Gasteiger partial charge on any atom is 0.229 e. The third-order valence-electron chi connectivity index (χ3n) is 7.32. The molecular weight excluding hydrogens is 532 g/mol. The lowest BCUT2D eigenvalue weighted by atomic mass is 9.96. The van der Waals surface area contributed by atoms with Gasteiger partial charge in [0.2, 0.25) is 5.95 Å². The topological polar surface area (TPSA) is 103 Å². The maximum atomic E-state index is 12.2. The van der Waals surface area contributed by atoms with E-state index in [-0.39, 0.29) is 0 Å². The molecule has 214 valence electrons. The van der Waals surface area contributed by atoms with E-state index < -0.39 is 9.73 Å². The van der Waals surface area contributed by atoms with Gasteiger partial charge in [0.15, 0.2) is 0 Å². The van der Waals surface area contributed by atoms with Crippen molar-refractivity contribution in [1.29, 1.82) is 4.78 Å². The number of aromatic nitrogens is 2. The van der Waals surface area contributed by atoms with Crippen molar-refractivity contribution in [3.8, 4) is 16.9 Å². The number of nitrogens with zero attached hydrogens (tertiary/aromatic N) is 3. The van der Waals surface area contributed by atoms with Crippen molar-refractivity contribution in [3.05, 3.63) is 90.6 Å². The summed E-state index contributed by atoms with van der Waals surface area (Å²) in [7, 11) is -2.83. The highest BCUT2D eigenvalue weighted by molar-refractivity contribution is 7.91. The first-order valence-corrected chi connectivity index (χ1v) is 16.1. The molecule has 1 saturated heterocycles. The van der Waals surface area contributed by atoms with E-state index in [1.807, 2.05) is 43.5 Å². The van der Waals surface area contributed by atoms with Crippen molar-refractivity contribution in [2.24, 2.45) is 5.92 Å². The number of hydrogen-bond donors (Lipinski definition) is 3. The van der Waals surface area contributed by atoms with Crippen LogP contribution in [0.1, 0.15) is 25.3 Å². The zero-order valence-electron chi connectivity index (χ0n) is 23.7. The predicted molar refractivity (Wildman–Crippen MR) is 166 cm³/mol. The molecule has 0 spiro atoms. The van der Waals surface area contributed by atoms with E-state index in [4.69, 9.17) is 14.5 Å². The molecule has 0 amide bonds. The van der Waals surface area contributed by atoms with Crippen LogP contribution in [0.5, 0.6) is 5.75 Å². The number of piperidine rings is 1. The number of hydrogen-bond acceptors (Lipinski definition) is 8. The van der Waals surface area contributed by atoms with Gasteiger partial charge in [0.1, 0.15) is 11.6 Å². The van der Waals surface area contributed by atoms with Gasteiger partial charge >= 0.3 is 0 Å². The summed E-state index contributed by atoms with van der Waals surface area (Å²) in [6.45, 7) is 6.58. The molecule has 0 radical (unpaired) electrons. The van der Waals surface area contributed by atoms with Crippen molar-refractivity contribution in [2.75, 3.05) is 43.1 Å². The molecule has 5 rings (SSSR count). The molecule has 1 aliphatic heterocycles. The molecule has 4 aromatic rings. The highest BCUT2D eigenvalue weighted by Crippen LogP contribution is 2.30. The van der Waals surface area contributed by atoms with Crippen LogP contribution in [0.25, 0.3) is 11.1 Å². The Kier molecular flexibility index (Phi) is 9.16. The Bertz CT molecular complexity index is 1540. The molecule has 1 aromatic heterocycles. The Morgan fingerprint density at radius 1 is 1.02 bits per heavy atom. The Labute approximate surface area is 243 Å². The molecule has 1 unspecified atom stereocenters. The Hall–Kier alpha value is -3.95. The van der Waals surface area contributed by atoms with Gasteiger partial charge in [-0.05, 0) is 80.2 Å². The van der Waals surface area contributed by atoms with Gasteiger partial charge in [0, 0.05) is 41.7 Å². The first kappa shape index (κ1) is 28.6. The molecule has 0 saturated carbocycles. The molecule has 1 aliphatic rings. The van der Waals surface area contributed by atoms with Crippen LogP contribution in [0.4, 0.5) is 17.5 Å². The minimum atomic E-state index is -2.83. The van der Waals surface area contributed by atoms with Crippen molar-refractivity contribution in [1.82, 2.24) is 14.9 Å². The molecule has 41 heavy (non-hydrogen) atoms. The first-order valence-electron chi connectivity index (χ1n) is 14.1. The largest absolute Gasteiger partial charge is 0.494 e. The third kappa shape index (κ3) is 7.83. The van der Waals surface area contributed by atoms with Gasteiger partial charge in [-0.3, -0.25) is 4.90 Å². The number of anilines is 3. The van der Waals surface area contributed by atoms with E-state index in [9.17, 15) is 4.21 Å². The van der Waals surface area contributed by atoms with E-state index in [1.54, 1.807) is 18.2 Å². The minimum absolute atomic E-state index is 0.435. The molecule has 2 heterocycles. The first-order chi connectivity index (χ1) is 19.9. The zero-order chi connectivity index (χ0) is 28.7. The fourth-order valence-corrected chi connectivity index (χ4v) is 5.75. The van der Waals surface area contributed by atoms with Crippen LogP contribution in [0.3, 0.4) is 0 Å². The monoisotopic (exact) mass is 570 g/mol. The Morgan fingerprint density at radius 2 is 1.78 bits per heavy atom. The highest BCUT2D eigenvalue weighted by Gasteiger charge is 2.20. The lowest BCUT2D eigenvalue weighted by Crippen LogP contribution is -2.35. The molecule has 1 atom stereocenters. The summed E-state index contributed by atoms with van der Waals surface area (Å²) >= 11 is 0. The zero-order valence-corrected chi connectivity index (χ0v) is 24.5. The summed E-state index contributed by atoms with van der Waals surface area (Å²) in [4.78, 5) is 12.4. The standard InChI is InChI=1S/C32H38N6O2S/c1-3-40-28-14-12-26(13-15-28)30-22-35-32(36-27-10-7-11-29(20-27)41(2,33)39)37-31(30)34-21-24-16-18-38(19-17-24)23-25-8-5-4-6-9-25/h4-15,20,22,24,33H,3,16-19,21,23H2,1-2H3,(H2,34,35,36,37). The van der Waals surface area contributed by atoms with Crippen LogP contribution in [-0.4, -0.2) is 51.6 Å². The maximum absolute atomic E-state index is 12.2. The van der Waals surface area contributed by atoms with Gasteiger partial charge in [-0.1, -0.05) is 48.5 Å². The van der Waals surface area contributed by atoms with Crippen LogP contribution in [0.2, 0.25) is 0 Å². The molecule has 1 fully saturated rings. The summed E-state index contributed by atoms with van der Waals surface area (Å²) in [5.41, 5.74) is 3.97. The number of ether oxygens (including phenoxy) is 1. The SMILES string of the molecule is CCOc1ccc(-c2cnc(Nc3cccc(S(C)(=N)=O)c3)nc2NCC2CCN(Cc3ccccc3)CC2)cc1. The van der Waals surface area contributed by atoms with Crippen molar-refractivity contribution >= 4 is 27.2 Å². The summed E-state index contributed by atoms with van der Waals surface area (Å²) in [6, 6.07) is 25.7. The number of likely N-dealkylation sites (tertiary alicyclic amines) is 1. The molecule has 0 bridgehead atoms. The van der Waals surface area contributed by atoms with Gasteiger partial charge in [0.25, 0.3) is 0 Å². The van der Waals surface area contributed by atoms with E-state index in [0.717, 1.165) is 61.7 Å². The van der Waals surface area contributed by atoms with Crippen LogP contribution < -0.4 is 15.4 Å².